The zero-order valence-corrected chi connectivity index (χ0v) is 18.1. The van der Waals surface area contributed by atoms with Crippen molar-refractivity contribution in [2.45, 2.75) is 48.7 Å². The van der Waals surface area contributed by atoms with E-state index in [-0.39, 0.29) is 11.2 Å². The van der Waals surface area contributed by atoms with E-state index in [1.807, 2.05) is 30.3 Å². The van der Waals surface area contributed by atoms with E-state index < -0.39 is 0 Å². The largest absolute Gasteiger partial charge is 0.352 e. The number of thioether (sulfide) groups is 1. The van der Waals surface area contributed by atoms with Crippen LogP contribution >= 0.6 is 23.1 Å². The summed E-state index contributed by atoms with van der Waals surface area (Å²) in [6, 6.07) is 16.5. The summed E-state index contributed by atoms with van der Waals surface area (Å²) in [4.78, 5) is 12.8. The van der Waals surface area contributed by atoms with Gasteiger partial charge in [-0.1, -0.05) is 78.6 Å². The highest BCUT2D eigenvalue weighted by Gasteiger charge is 2.30. The number of aryl methyl sites for hydroxylation is 2. The molecule has 3 aromatic rings. The number of benzene rings is 2. The molecule has 1 fully saturated rings. The number of para-hydroxylation sites is 1. The van der Waals surface area contributed by atoms with Gasteiger partial charge in [0.05, 0.1) is 0 Å². The average Bonchev–Trinajstić information content (AvgIpc) is 3.44. The molecular weight excluding hydrogens is 400 g/mol. The third-order valence-electron chi connectivity index (χ3n) is 4.86. The lowest BCUT2D eigenvalue weighted by atomic mass is 10.1. The number of amides is 1. The molecule has 0 spiro atoms. The summed E-state index contributed by atoms with van der Waals surface area (Å²) in [5, 5.41) is 15.6. The van der Waals surface area contributed by atoms with Gasteiger partial charge in [-0.15, -0.1) is 10.2 Å². The number of aromatic nitrogens is 2. The third-order valence-corrected chi connectivity index (χ3v) is 7.04. The van der Waals surface area contributed by atoms with E-state index in [0.717, 1.165) is 40.0 Å². The van der Waals surface area contributed by atoms with Gasteiger partial charge in [-0.2, -0.15) is 0 Å². The predicted octanol–water partition coefficient (Wildman–Crippen LogP) is 5.26. The fourth-order valence-electron chi connectivity index (χ4n) is 3.12. The SMILES string of the molecule is CCc1cccc(C)c1Nc1nnc(SC(C(=O)NC2CC2)c2ccccc2)s1. The highest BCUT2D eigenvalue weighted by molar-refractivity contribution is 8.01. The minimum atomic E-state index is -0.331. The van der Waals surface area contributed by atoms with Crippen LogP contribution in [-0.4, -0.2) is 22.1 Å². The van der Waals surface area contributed by atoms with Crippen molar-refractivity contribution in [1.82, 2.24) is 15.5 Å². The van der Waals surface area contributed by atoms with Crippen molar-refractivity contribution in [1.29, 1.82) is 0 Å². The molecule has 1 aliphatic rings. The maximum absolute atomic E-state index is 12.8. The van der Waals surface area contributed by atoms with Gasteiger partial charge in [-0.3, -0.25) is 4.79 Å². The first-order valence-electron chi connectivity index (χ1n) is 9.85. The van der Waals surface area contributed by atoms with Crippen molar-refractivity contribution in [3.05, 3.63) is 65.2 Å². The second kappa shape index (κ2) is 8.97. The Hall–Kier alpha value is -2.38. The molecule has 1 unspecified atom stereocenters. The topological polar surface area (TPSA) is 66.9 Å². The molecule has 0 bridgehead atoms. The van der Waals surface area contributed by atoms with Crippen LogP contribution in [0.4, 0.5) is 10.8 Å². The molecular formula is C22H24N4OS2. The Balaban J connectivity index is 1.52. The van der Waals surface area contributed by atoms with Gasteiger partial charge < -0.3 is 10.6 Å². The Labute approximate surface area is 179 Å². The number of hydrogen-bond acceptors (Lipinski definition) is 6. The predicted molar refractivity (Wildman–Crippen MR) is 120 cm³/mol. The van der Waals surface area contributed by atoms with Gasteiger partial charge in [0.1, 0.15) is 5.25 Å². The molecule has 1 aliphatic carbocycles. The Morgan fingerprint density at radius 3 is 2.69 bits per heavy atom. The molecule has 0 aliphatic heterocycles. The summed E-state index contributed by atoms with van der Waals surface area (Å²) in [6.07, 6.45) is 3.09. The van der Waals surface area contributed by atoms with Crippen LogP contribution in [-0.2, 0) is 11.2 Å². The molecule has 1 amide bonds. The number of hydrogen-bond donors (Lipinski definition) is 2. The molecule has 0 radical (unpaired) electrons. The first-order chi connectivity index (χ1) is 14.1. The molecule has 1 saturated carbocycles. The van der Waals surface area contributed by atoms with Crippen LogP contribution < -0.4 is 10.6 Å². The fourth-order valence-corrected chi connectivity index (χ4v) is 5.08. The van der Waals surface area contributed by atoms with Gasteiger partial charge in [0.25, 0.3) is 0 Å². The van der Waals surface area contributed by atoms with E-state index >= 15 is 0 Å². The number of carbonyl (C=O) groups excluding carboxylic acids is 1. The van der Waals surface area contributed by atoms with Crippen molar-refractivity contribution >= 4 is 39.8 Å². The molecule has 2 N–H and O–H groups in total. The van der Waals surface area contributed by atoms with Gasteiger partial charge >= 0.3 is 0 Å². The van der Waals surface area contributed by atoms with Crippen LogP contribution in [0.2, 0.25) is 0 Å². The second-order valence-corrected chi connectivity index (χ2v) is 9.48. The quantitative estimate of drug-likeness (QED) is 0.483. The van der Waals surface area contributed by atoms with Crippen molar-refractivity contribution in [3.8, 4) is 0 Å². The third kappa shape index (κ3) is 4.97. The summed E-state index contributed by atoms with van der Waals surface area (Å²) in [5.41, 5.74) is 4.50. The molecule has 29 heavy (non-hydrogen) atoms. The van der Waals surface area contributed by atoms with Crippen LogP contribution in [0.1, 0.15) is 41.7 Å². The molecule has 150 valence electrons. The van der Waals surface area contributed by atoms with E-state index in [1.54, 1.807) is 0 Å². The van der Waals surface area contributed by atoms with E-state index in [0.29, 0.717) is 6.04 Å². The van der Waals surface area contributed by atoms with Gasteiger partial charge in [0, 0.05) is 11.7 Å². The lowest BCUT2D eigenvalue weighted by Crippen LogP contribution is -2.29. The van der Waals surface area contributed by atoms with Gasteiger partial charge in [-0.05, 0) is 42.9 Å². The summed E-state index contributed by atoms with van der Waals surface area (Å²) in [7, 11) is 0. The summed E-state index contributed by atoms with van der Waals surface area (Å²) in [5.74, 6) is 0.0422. The van der Waals surface area contributed by atoms with E-state index in [1.165, 1.54) is 34.2 Å². The number of nitrogens with one attached hydrogen (secondary N) is 2. The van der Waals surface area contributed by atoms with Crippen LogP contribution in [0.3, 0.4) is 0 Å². The average molecular weight is 425 g/mol. The normalized spacial score (nSPS) is 14.4. The van der Waals surface area contributed by atoms with Crippen molar-refractivity contribution < 1.29 is 4.79 Å². The highest BCUT2D eigenvalue weighted by atomic mass is 32.2. The number of rotatable bonds is 8. The van der Waals surface area contributed by atoms with E-state index in [4.69, 9.17) is 0 Å². The maximum atomic E-state index is 12.8. The Bertz CT molecular complexity index is 985. The smallest absolute Gasteiger partial charge is 0.238 e. The molecule has 4 rings (SSSR count). The van der Waals surface area contributed by atoms with Crippen molar-refractivity contribution in [3.63, 3.8) is 0 Å². The summed E-state index contributed by atoms with van der Waals surface area (Å²) >= 11 is 2.94. The molecule has 1 aromatic heterocycles. The molecule has 7 heteroatoms. The van der Waals surface area contributed by atoms with Crippen LogP contribution in [0.25, 0.3) is 0 Å². The Morgan fingerprint density at radius 2 is 1.97 bits per heavy atom. The standard InChI is InChI=1S/C22H24N4OS2/c1-3-15-11-7-8-14(2)18(15)24-21-25-26-22(29-21)28-19(16-9-5-4-6-10-16)20(27)23-17-12-13-17/h4-11,17,19H,3,12-13H2,1-2H3,(H,23,27)(H,24,25). The maximum Gasteiger partial charge on any atom is 0.238 e. The van der Waals surface area contributed by atoms with E-state index in [9.17, 15) is 4.79 Å². The first kappa shape index (κ1) is 19.9. The van der Waals surface area contributed by atoms with Gasteiger partial charge in [0.2, 0.25) is 11.0 Å². The number of anilines is 2. The summed E-state index contributed by atoms with van der Waals surface area (Å²) in [6.45, 7) is 4.23. The minimum absolute atomic E-state index is 0.0422. The molecule has 2 aromatic carbocycles. The lowest BCUT2D eigenvalue weighted by Gasteiger charge is -2.15. The number of carbonyl (C=O) groups is 1. The van der Waals surface area contributed by atoms with Crippen molar-refractivity contribution in [2.24, 2.45) is 0 Å². The number of nitrogens with zero attached hydrogens (tertiary/aromatic N) is 2. The lowest BCUT2D eigenvalue weighted by molar-refractivity contribution is -0.120. The Morgan fingerprint density at radius 1 is 1.17 bits per heavy atom. The fraction of sp³-hybridized carbons (Fsp3) is 0.318. The zero-order valence-electron chi connectivity index (χ0n) is 16.5. The van der Waals surface area contributed by atoms with Gasteiger partial charge in [-0.25, -0.2) is 0 Å². The van der Waals surface area contributed by atoms with Gasteiger partial charge in [0.15, 0.2) is 4.34 Å². The molecule has 1 atom stereocenters. The summed E-state index contributed by atoms with van der Waals surface area (Å²) < 4.78 is 0.777. The molecule has 5 nitrogen and oxygen atoms in total. The molecule has 1 heterocycles. The van der Waals surface area contributed by atoms with E-state index in [2.05, 4.69) is 52.9 Å². The zero-order chi connectivity index (χ0) is 20.2. The molecule has 0 saturated heterocycles. The first-order valence-corrected chi connectivity index (χ1v) is 11.5. The highest BCUT2D eigenvalue weighted by Crippen LogP contribution is 2.39. The Kier molecular flexibility index (Phi) is 6.16. The monoisotopic (exact) mass is 424 g/mol. The second-order valence-electron chi connectivity index (χ2n) is 7.15. The van der Waals surface area contributed by atoms with Crippen LogP contribution in [0.5, 0.6) is 0 Å². The van der Waals surface area contributed by atoms with Crippen LogP contribution in [0.15, 0.2) is 52.9 Å². The minimum Gasteiger partial charge on any atom is -0.352 e. The van der Waals surface area contributed by atoms with Crippen LogP contribution in [0, 0.1) is 6.92 Å². The van der Waals surface area contributed by atoms with Crippen molar-refractivity contribution in [2.75, 3.05) is 5.32 Å².